The van der Waals surface area contributed by atoms with Crippen molar-refractivity contribution in [2.75, 3.05) is 17.2 Å². The van der Waals surface area contributed by atoms with Crippen LogP contribution in [0.1, 0.15) is 18.1 Å². The van der Waals surface area contributed by atoms with Crippen LogP contribution in [0.2, 0.25) is 0 Å². The summed E-state index contributed by atoms with van der Waals surface area (Å²) < 4.78 is 38.6. The smallest absolute Gasteiger partial charge is 0.354 e. The lowest BCUT2D eigenvalue weighted by Crippen LogP contribution is -2.08. The molecule has 4 nitrogen and oxygen atoms in total. The molecule has 0 saturated carbocycles. The van der Waals surface area contributed by atoms with E-state index in [1.807, 2.05) is 6.92 Å². The zero-order chi connectivity index (χ0) is 15.5. The number of rotatable bonds is 4. The Labute approximate surface area is 120 Å². The van der Waals surface area contributed by atoms with Crippen LogP contribution >= 0.6 is 0 Å². The first-order valence-electron chi connectivity index (χ1n) is 6.42. The lowest BCUT2D eigenvalue weighted by molar-refractivity contribution is -0.138. The van der Waals surface area contributed by atoms with Crippen LogP contribution in [0.15, 0.2) is 30.5 Å². The van der Waals surface area contributed by atoms with Gasteiger partial charge >= 0.3 is 6.18 Å². The van der Waals surface area contributed by atoms with E-state index in [1.54, 1.807) is 12.1 Å². The number of nitrogens with one attached hydrogen (secondary N) is 2. The van der Waals surface area contributed by atoms with Gasteiger partial charge in [-0.25, -0.2) is 4.98 Å². The summed E-state index contributed by atoms with van der Waals surface area (Å²) in [6, 6.07) is 5.68. The molecule has 0 unspecified atom stereocenters. The molecular formula is C14H15F3N4. The fraction of sp³-hybridized carbons (Fsp3) is 0.286. The molecule has 0 aliphatic heterocycles. The summed E-state index contributed by atoms with van der Waals surface area (Å²) in [5.41, 5.74) is -0.147. The van der Waals surface area contributed by atoms with Crippen molar-refractivity contribution in [2.45, 2.75) is 20.0 Å². The molecule has 0 amide bonds. The van der Waals surface area contributed by atoms with Gasteiger partial charge in [0.05, 0.1) is 5.56 Å². The van der Waals surface area contributed by atoms with Gasteiger partial charge in [-0.1, -0.05) is 6.07 Å². The average molecular weight is 296 g/mol. The van der Waals surface area contributed by atoms with Gasteiger partial charge in [-0.2, -0.15) is 18.2 Å². The second kappa shape index (κ2) is 5.99. The van der Waals surface area contributed by atoms with Gasteiger partial charge in [-0.05, 0) is 37.6 Å². The molecule has 0 aliphatic rings. The van der Waals surface area contributed by atoms with E-state index in [0.717, 1.165) is 6.07 Å². The minimum absolute atomic E-state index is 0.184. The zero-order valence-corrected chi connectivity index (χ0v) is 11.6. The predicted molar refractivity (Wildman–Crippen MR) is 75.7 cm³/mol. The quantitative estimate of drug-likeness (QED) is 0.896. The van der Waals surface area contributed by atoms with E-state index in [2.05, 4.69) is 20.6 Å². The summed E-state index contributed by atoms with van der Waals surface area (Å²) in [5.74, 6) is 0.851. The molecule has 2 rings (SSSR count). The zero-order valence-electron chi connectivity index (χ0n) is 11.6. The van der Waals surface area contributed by atoms with Crippen molar-refractivity contribution in [1.82, 2.24) is 9.97 Å². The molecule has 0 saturated heterocycles. The first kappa shape index (κ1) is 15.1. The van der Waals surface area contributed by atoms with Crippen LogP contribution in [0.3, 0.4) is 0 Å². The van der Waals surface area contributed by atoms with Gasteiger partial charge in [0.2, 0.25) is 5.95 Å². The van der Waals surface area contributed by atoms with E-state index in [1.165, 1.54) is 19.2 Å². The molecule has 0 atom stereocenters. The maximum atomic E-state index is 12.9. The summed E-state index contributed by atoms with van der Waals surface area (Å²) >= 11 is 0. The Morgan fingerprint density at radius 3 is 2.62 bits per heavy atom. The molecule has 0 spiro atoms. The van der Waals surface area contributed by atoms with Gasteiger partial charge in [-0.15, -0.1) is 0 Å². The molecule has 1 aromatic heterocycles. The number of hydrogen-bond donors (Lipinski definition) is 2. The molecule has 1 heterocycles. The maximum Gasteiger partial charge on any atom is 0.416 e. The standard InChI is InChI=1S/C14H15F3N4/c1-3-18-13-19-7-6-12(21-13)20-10-5-4-9(2)11(8-10)14(15,16)17/h4-8H,3H2,1-2H3,(H2,18,19,20,21). The third kappa shape index (κ3) is 3.84. The van der Waals surface area contributed by atoms with Crippen LogP contribution < -0.4 is 10.6 Å². The third-order valence-electron chi connectivity index (χ3n) is 2.81. The normalized spacial score (nSPS) is 11.3. The molecule has 0 bridgehead atoms. The number of halogens is 3. The molecular weight excluding hydrogens is 281 g/mol. The van der Waals surface area contributed by atoms with Crippen LogP contribution in [-0.2, 0) is 6.18 Å². The summed E-state index contributed by atoms with van der Waals surface area (Å²) in [5, 5.41) is 5.79. The fourth-order valence-corrected chi connectivity index (χ4v) is 1.82. The molecule has 112 valence electrons. The predicted octanol–water partition coefficient (Wildman–Crippen LogP) is 3.98. The van der Waals surface area contributed by atoms with Crippen molar-refractivity contribution in [1.29, 1.82) is 0 Å². The molecule has 0 fully saturated rings. The highest BCUT2D eigenvalue weighted by atomic mass is 19.4. The van der Waals surface area contributed by atoms with Gasteiger partial charge in [0.1, 0.15) is 5.82 Å². The molecule has 2 N–H and O–H groups in total. The van der Waals surface area contributed by atoms with E-state index in [4.69, 9.17) is 0 Å². The van der Waals surface area contributed by atoms with E-state index in [9.17, 15) is 13.2 Å². The Balaban J connectivity index is 2.26. The van der Waals surface area contributed by atoms with E-state index >= 15 is 0 Å². The topological polar surface area (TPSA) is 49.8 Å². The van der Waals surface area contributed by atoms with Crippen molar-refractivity contribution in [3.8, 4) is 0 Å². The molecule has 0 aliphatic carbocycles. The van der Waals surface area contributed by atoms with E-state index < -0.39 is 11.7 Å². The highest BCUT2D eigenvalue weighted by Crippen LogP contribution is 2.33. The second-order valence-corrected chi connectivity index (χ2v) is 4.45. The summed E-state index contributed by atoms with van der Waals surface area (Å²) in [7, 11) is 0. The average Bonchev–Trinajstić information content (AvgIpc) is 2.40. The Kier molecular flexibility index (Phi) is 4.30. The number of anilines is 3. The van der Waals surface area contributed by atoms with Crippen molar-refractivity contribution in [3.05, 3.63) is 41.6 Å². The first-order valence-corrected chi connectivity index (χ1v) is 6.42. The first-order chi connectivity index (χ1) is 9.90. The van der Waals surface area contributed by atoms with Crippen molar-refractivity contribution >= 4 is 17.5 Å². The molecule has 1 aromatic carbocycles. The van der Waals surface area contributed by atoms with Crippen molar-refractivity contribution < 1.29 is 13.2 Å². The summed E-state index contributed by atoms with van der Waals surface area (Å²) in [4.78, 5) is 8.16. The lowest BCUT2D eigenvalue weighted by Gasteiger charge is -2.13. The van der Waals surface area contributed by atoms with Crippen LogP contribution in [0, 0.1) is 6.92 Å². The highest BCUT2D eigenvalue weighted by Gasteiger charge is 2.32. The fourth-order valence-electron chi connectivity index (χ4n) is 1.82. The number of aromatic nitrogens is 2. The summed E-state index contributed by atoms with van der Waals surface area (Å²) in [6.45, 7) is 3.99. The SMILES string of the molecule is CCNc1nccc(Nc2ccc(C)c(C(F)(F)F)c2)n1. The third-order valence-corrected chi connectivity index (χ3v) is 2.81. The molecule has 7 heteroatoms. The molecule has 21 heavy (non-hydrogen) atoms. The number of nitrogens with zero attached hydrogens (tertiary/aromatic N) is 2. The van der Waals surface area contributed by atoms with Crippen molar-refractivity contribution in [2.24, 2.45) is 0 Å². The number of hydrogen-bond acceptors (Lipinski definition) is 4. The van der Waals surface area contributed by atoms with Gasteiger partial charge in [0.15, 0.2) is 0 Å². The summed E-state index contributed by atoms with van der Waals surface area (Å²) in [6.07, 6.45) is -2.84. The Bertz CT molecular complexity index is 626. The Morgan fingerprint density at radius 1 is 1.19 bits per heavy atom. The van der Waals surface area contributed by atoms with Gasteiger partial charge in [0.25, 0.3) is 0 Å². The lowest BCUT2D eigenvalue weighted by atomic mass is 10.1. The van der Waals surface area contributed by atoms with Crippen LogP contribution in [0.25, 0.3) is 0 Å². The van der Waals surface area contributed by atoms with Gasteiger partial charge in [-0.3, -0.25) is 0 Å². The number of alkyl halides is 3. The van der Waals surface area contributed by atoms with E-state index in [-0.39, 0.29) is 5.56 Å². The van der Waals surface area contributed by atoms with Crippen LogP contribution in [0.5, 0.6) is 0 Å². The number of aryl methyl sites for hydroxylation is 1. The van der Waals surface area contributed by atoms with Gasteiger partial charge in [0, 0.05) is 18.4 Å². The minimum atomic E-state index is -4.37. The highest BCUT2D eigenvalue weighted by molar-refractivity contribution is 5.59. The van der Waals surface area contributed by atoms with Crippen LogP contribution in [-0.4, -0.2) is 16.5 Å². The Hall–Kier alpha value is -2.31. The largest absolute Gasteiger partial charge is 0.416 e. The van der Waals surface area contributed by atoms with Gasteiger partial charge < -0.3 is 10.6 Å². The Morgan fingerprint density at radius 2 is 1.95 bits per heavy atom. The molecule has 0 radical (unpaired) electrons. The molecule has 2 aromatic rings. The minimum Gasteiger partial charge on any atom is -0.354 e. The van der Waals surface area contributed by atoms with Crippen LogP contribution in [0.4, 0.5) is 30.6 Å². The number of benzene rings is 1. The van der Waals surface area contributed by atoms with Crippen molar-refractivity contribution in [3.63, 3.8) is 0 Å². The monoisotopic (exact) mass is 296 g/mol. The maximum absolute atomic E-state index is 12.9. The second-order valence-electron chi connectivity index (χ2n) is 4.45. The van der Waals surface area contributed by atoms with E-state index in [0.29, 0.717) is 24.0 Å².